The number of nitrogens with zero attached hydrogens (tertiary/aromatic N) is 3. The van der Waals surface area contributed by atoms with Crippen molar-refractivity contribution in [2.24, 2.45) is 0 Å². The summed E-state index contributed by atoms with van der Waals surface area (Å²) in [6.07, 6.45) is 0. The number of anilines is 4. The largest absolute Gasteiger partial charge is 0.478 e. The number of carbonyl (C=O) groups is 1. The summed E-state index contributed by atoms with van der Waals surface area (Å²) in [5, 5.41) is 11.6. The lowest BCUT2D eigenvalue weighted by Gasteiger charge is -2.05. The predicted molar refractivity (Wildman–Crippen MR) is 65.3 cm³/mol. The van der Waals surface area contributed by atoms with E-state index in [1.54, 1.807) is 12.1 Å². The third-order valence-corrected chi connectivity index (χ3v) is 2.06. The van der Waals surface area contributed by atoms with E-state index in [1.165, 1.54) is 12.1 Å². The van der Waals surface area contributed by atoms with E-state index in [4.69, 9.17) is 16.6 Å². The highest BCUT2D eigenvalue weighted by molar-refractivity contribution is 5.88. The molecule has 0 aliphatic rings. The number of hydrogen-bond donors (Lipinski definition) is 4. The van der Waals surface area contributed by atoms with E-state index in [2.05, 4.69) is 20.3 Å². The minimum Gasteiger partial charge on any atom is -0.478 e. The van der Waals surface area contributed by atoms with Crippen molar-refractivity contribution < 1.29 is 9.90 Å². The molecule has 1 aromatic heterocycles. The van der Waals surface area contributed by atoms with Gasteiger partial charge in [0, 0.05) is 5.69 Å². The molecule has 1 aromatic carbocycles. The van der Waals surface area contributed by atoms with E-state index in [1.807, 2.05) is 0 Å². The Morgan fingerprint density at radius 1 is 1.06 bits per heavy atom. The van der Waals surface area contributed by atoms with Crippen LogP contribution in [0.15, 0.2) is 24.3 Å². The average Bonchev–Trinajstić information content (AvgIpc) is 2.28. The smallest absolute Gasteiger partial charge is 0.335 e. The fourth-order valence-corrected chi connectivity index (χ4v) is 1.29. The van der Waals surface area contributed by atoms with Crippen LogP contribution in [0.3, 0.4) is 0 Å². The molecule has 0 bridgehead atoms. The van der Waals surface area contributed by atoms with Gasteiger partial charge in [-0.05, 0) is 24.3 Å². The molecule has 2 rings (SSSR count). The molecule has 0 aliphatic heterocycles. The monoisotopic (exact) mass is 246 g/mol. The van der Waals surface area contributed by atoms with Gasteiger partial charge in [0.1, 0.15) is 0 Å². The molecular formula is C10H10N6O2. The lowest BCUT2D eigenvalue weighted by atomic mass is 10.2. The van der Waals surface area contributed by atoms with Crippen LogP contribution in [0, 0.1) is 0 Å². The van der Waals surface area contributed by atoms with E-state index in [0.717, 1.165) is 0 Å². The standard InChI is InChI=1S/C10H10N6O2/c11-8-14-9(12)16-10(15-8)13-6-3-1-5(2-4-6)7(17)18/h1-4H,(H,17,18)(H5,11,12,13,14,15,16). The van der Waals surface area contributed by atoms with Crippen LogP contribution in [0.2, 0.25) is 0 Å². The van der Waals surface area contributed by atoms with Gasteiger partial charge in [-0.25, -0.2) is 4.79 Å². The number of benzene rings is 1. The normalized spacial score (nSPS) is 10.0. The molecule has 0 amide bonds. The summed E-state index contributed by atoms with van der Waals surface area (Å²) in [5.41, 5.74) is 11.6. The summed E-state index contributed by atoms with van der Waals surface area (Å²) in [7, 11) is 0. The number of rotatable bonds is 3. The lowest BCUT2D eigenvalue weighted by Crippen LogP contribution is -2.06. The number of nitrogens with one attached hydrogen (secondary N) is 1. The van der Waals surface area contributed by atoms with Crippen molar-refractivity contribution in [1.29, 1.82) is 0 Å². The van der Waals surface area contributed by atoms with Gasteiger partial charge in [0.05, 0.1) is 5.56 Å². The summed E-state index contributed by atoms with van der Waals surface area (Å²) < 4.78 is 0. The fourth-order valence-electron chi connectivity index (χ4n) is 1.29. The van der Waals surface area contributed by atoms with Gasteiger partial charge in [-0.2, -0.15) is 15.0 Å². The Balaban J connectivity index is 2.20. The number of nitrogens with two attached hydrogens (primary N) is 2. The molecule has 0 atom stereocenters. The maximum Gasteiger partial charge on any atom is 0.335 e. The van der Waals surface area contributed by atoms with Gasteiger partial charge in [0.15, 0.2) is 0 Å². The number of hydrogen-bond acceptors (Lipinski definition) is 7. The van der Waals surface area contributed by atoms with Gasteiger partial charge in [-0.15, -0.1) is 0 Å². The Morgan fingerprint density at radius 3 is 2.11 bits per heavy atom. The Kier molecular flexibility index (Phi) is 2.92. The van der Waals surface area contributed by atoms with Crippen molar-refractivity contribution in [3.63, 3.8) is 0 Å². The highest BCUT2D eigenvalue weighted by atomic mass is 16.4. The van der Waals surface area contributed by atoms with E-state index >= 15 is 0 Å². The minimum atomic E-state index is -0.991. The van der Waals surface area contributed by atoms with Crippen LogP contribution in [0.25, 0.3) is 0 Å². The van der Waals surface area contributed by atoms with E-state index in [-0.39, 0.29) is 23.4 Å². The van der Waals surface area contributed by atoms with Crippen LogP contribution in [-0.4, -0.2) is 26.0 Å². The molecule has 1 heterocycles. The summed E-state index contributed by atoms with van der Waals surface area (Å²) in [6.45, 7) is 0. The van der Waals surface area contributed by atoms with Gasteiger partial charge < -0.3 is 21.9 Å². The molecule has 2 aromatic rings. The molecule has 0 spiro atoms. The molecule has 0 saturated heterocycles. The third-order valence-electron chi connectivity index (χ3n) is 2.06. The first kappa shape index (κ1) is 11.6. The Bertz CT molecular complexity index is 563. The zero-order valence-corrected chi connectivity index (χ0v) is 9.16. The van der Waals surface area contributed by atoms with Gasteiger partial charge >= 0.3 is 5.97 Å². The number of aromatic carboxylic acids is 1. The van der Waals surface area contributed by atoms with Crippen molar-refractivity contribution in [2.75, 3.05) is 16.8 Å². The van der Waals surface area contributed by atoms with Crippen molar-refractivity contribution in [3.05, 3.63) is 29.8 Å². The van der Waals surface area contributed by atoms with Gasteiger partial charge in [0.25, 0.3) is 0 Å². The molecule has 0 unspecified atom stereocenters. The number of carboxylic acids is 1. The molecular weight excluding hydrogens is 236 g/mol. The zero-order chi connectivity index (χ0) is 13.1. The Hall–Kier alpha value is -2.90. The predicted octanol–water partition coefficient (Wildman–Crippen LogP) is 0.478. The first-order valence-electron chi connectivity index (χ1n) is 4.92. The van der Waals surface area contributed by atoms with Crippen LogP contribution >= 0.6 is 0 Å². The zero-order valence-electron chi connectivity index (χ0n) is 9.16. The number of carboxylic acid groups (broad SMARTS) is 1. The van der Waals surface area contributed by atoms with Crippen LogP contribution in [0.1, 0.15) is 10.4 Å². The SMILES string of the molecule is Nc1nc(N)nc(Nc2ccc(C(=O)O)cc2)n1. The summed E-state index contributed by atoms with van der Waals surface area (Å²) in [5.74, 6) is -0.780. The van der Waals surface area contributed by atoms with Crippen LogP contribution in [0.4, 0.5) is 23.5 Å². The lowest BCUT2D eigenvalue weighted by molar-refractivity contribution is 0.0697. The summed E-state index contributed by atoms with van der Waals surface area (Å²) >= 11 is 0. The summed E-state index contributed by atoms with van der Waals surface area (Å²) in [6, 6.07) is 6.08. The minimum absolute atomic E-state index is 0.00663. The molecule has 0 saturated carbocycles. The van der Waals surface area contributed by atoms with Gasteiger partial charge in [0.2, 0.25) is 17.8 Å². The van der Waals surface area contributed by atoms with Crippen LogP contribution in [-0.2, 0) is 0 Å². The maximum absolute atomic E-state index is 10.7. The third kappa shape index (κ3) is 2.61. The first-order chi connectivity index (χ1) is 8.54. The Labute approximate surface area is 102 Å². The van der Waals surface area contributed by atoms with Crippen LogP contribution < -0.4 is 16.8 Å². The molecule has 8 heteroatoms. The van der Waals surface area contributed by atoms with Crippen molar-refractivity contribution in [1.82, 2.24) is 15.0 Å². The highest BCUT2D eigenvalue weighted by Gasteiger charge is 2.04. The number of nitrogen functional groups attached to an aromatic ring is 2. The summed E-state index contributed by atoms with van der Waals surface area (Å²) in [4.78, 5) is 22.0. The number of aromatic nitrogens is 3. The van der Waals surface area contributed by atoms with E-state index in [0.29, 0.717) is 5.69 Å². The second-order valence-corrected chi connectivity index (χ2v) is 3.38. The highest BCUT2D eigenvalue weighted by Crippen LogP contribution is 2.14. The topological polar surface area (TPSA) is 140 Å². The molecule has 92 valence electrons. The van der Waals surface area contributed by atoms with Gasteiger partial charge in [-0.3, -0.25) is 0 Å². The van der Waals surface area contributed by atoms with Crippen molar-refractivity contribution >= 4 is 29.5 Å². The quantitative estimate of drug-likeness (QED) is 0.612. The molecule has 0 radical (unpaired) electrons. The van der Waals surface area contributed by atoms with Crippen LogP contribution in [0.5, 0.6) is 0 Å². The first-order valence-corrected chi connectivity index (χ1v) is 4.92. The average molecular weight is 246 g/mol. The van der Waals surface area contributed by atoms with Gasteiger partial charge in [-0.1, -0.05) is 0 Å². The fraction of sp³-hybridized carbons (Fsp3) is 0. The van der Waals surface area contributed by atoms with Crippen molar-refractivity contribution in [2.45, 2.75) is 0 Å². The molecule has 18 heavy (non-hydrogen) atoms. The molecule has 0 aliphatic carbocycles. The van der Waals surface area contributed by atoms with E-state index < -0.39 is 5.97 Å². The van der Waals surface area contributed by atoms with E-state index in [9.17, 15) is 4.79 Å². The Morgan fingerprint density at radius 2 is 1.61 bits per heavy atom. The second-order valence-electron chi connectivity index (χ2n) is 3.38. The molecule has 0 fully saturated rings. The second kappa shape index (κ2) is 4.53. The maximum atomic E-state index is 10.7. The van der Waals surface area contributed by atoms with Crippen molar-refractivity contribution in [3.8, 4) is 0 Å². The molecule has 8 nitrogen and oxygen atoms in total. The molecule has 6 N–H and O–H groups in total.